The molecule has 3 rings (SSSR count). The fraction of sp³-hybridized carbons (Fsp3) is 0.348. The van der Waals surface area contributed by atoms with Crippen molar-refractivity contribution in [2.75, 3.05) is 0 Å². The van der Waals surface area contributed by atoms with Crippen molar-refractivity contribution in [3.63, 3.8) is 0 Å². The highest BCUT2D eigenvalue weighted by molar-refractivity contribution is 6.32. The summed E-state index contributed by atoms with van der Waals surface area (Å²) in [7, 11) is 1.38. The minimum Gasteiger partial charge on any atom is -0.312 e. The average molecular weight is 544 g/mol. The lowest BCUT2D eigenvalue weighted by molar-refractivity contribution is -0.145. The molecule has 0 saturated carbocycles. The number of nitriles is 1. The van der Waals surface area contributed by atoms with Crippen LogP contribution in [0.3, 0.4) is 0 Å². The molecule has 3 heterocycles. The molecular weight excluding hydrogens is 521 g/mol. The number of aryl methyl sites for hydroxylation is 1. The number of alkyl halides is 3. The predicted molar refractivity (Wildman–Crippen MR) is 134 cm³/mol. The van der Waals surface area contributed by atoms with E-state index in [1.54, 1.807) is 19.9 Å². The summed E-state index contributed by atoms with van der Waals surface area (Å²) in [6.45, 7) is 2.85. The molecule has 3 aromatic rings. The van der Waals surface area contributed by atoms with Crippen molar-refractivity contribution in [2.24, 2.45) is 12.0 Å². The van der Waals surface area contributed by atoms with Crippen LogP contribution in [0.4, 0.5) is 13.2 Å². The third kappa shape index (κ3) is 5.81. The van der Waals surface area contributed by atoms with E-state index in [0.717, 1.165) is 27.7 Å². The lowest BCUT2D eigenvalue weighted by Crippen LogP contribution is -2.41. The zero-order chi connectivity index (χ0) is 28.9. The van der Waals surface area contributed by atoms with E-state index in [1.807, 2.05) is 0 Å². The van der Waals surface area contributed by atoms with E-state index in [1.165, 1.54) is 24.0 Å². The maximum Gasteiger partial charge on any atom is 0.451 e. The van der Waals surface area contributed by atoms with Crippen LogP contribution >= 0.6 is 0 Å². The molecule has 0 aliphatic heterocycles. The van der Waals surface area contributed by atoms with Crippen molar-refractivity contribution in [2.45, 2.75) is 45.5 Å². The van der Waals surface area contributed by atoms with Crippen molar-refractivity contribution in [1.29, 1.82) is 10.7 Å². The summed E-state index contributed by atoms with van der Waals surface area (Å²) in [5, 5.41) is 19.2. The van der Waals surface area contributed by atoms with E-state index in [9.17, 15) is 27.6 Å². The Bertz CT molecular complexity index is 1620. The van der Waals surface area contributed by atoms with Gasteiger partial charge in [-0.3, -0.25) is 14.2 Å². The van der Waals surface area contributed by atoms with Crippen LogP contribution < -0.4 is 16.6 Å². The van der Waals surface area contributed by atoms with Gasteiger partial charge >= 0.3 is 11.9 Å². The standard InChI is InChI=1S/C23H23F3N10O3/c1-4-6-15(36-12-31-18-17(36)20(38)35(8-7-27)22(39)34(18)3)19(37)33-16(9-28)32-14(5-2)13-10-29-21(30-11-13)23(24,25)26/h5,9-12,15,28H,4,6,8H2,1-3H3,(H,32,33,37)/b14-5-,28-9?. The maximum absolute atomic E-state index is 13.3. The molecule has 0 saturated heterocycles. The Morgan fingerprint density at radius 2 is 1.95 bits per heavy atom. The fourth-order valence-corrected chi connectivity index (χ4v) is 3.74. The van der Waals surface area contributed by atoms with Gasteiger partial charge in [0.15, 0.2) is 17.0 Å². The second kappa shape index (κ2) is 11.6. The predicted octanol–water partition coefficient (Wildman–Crippen LogP) is 1.80. The molecule has 0 bridgehead atoms. The van der Waals surface area contributed by atoms with Gasteiger partial charge in [-0.15, -0.1) is 0 Å². The molecule has 0 aromatic carbocycles. The van der Waals surface area contributed by atoms with Gasteiger partial charge in [-0.1, -0.05) is 19.4 Å². The highest BCUT2D eigenvalue weighted by Gasteiger charge is 2.34. The molecule has 13 nitrogen and oxygen atoms in total. The lowest BCUT2D eigenvalue weighted by atomic mass is 10.1. The third-order valence-electron chi connectivity index (χ3n) is 5.59. The Morgan fingerprint density at radius 1 is 1.28 bits per heavy atom. The van der Waals surface area contributed by atoms with Crippen LogP contribution in [0, 0.1) is 16.7 Å². The van der Waals surface area contributed by atoms with Crippen molar-refractivity contribution in [3.05, 3.63) is 57.0 Å². The highest BCUT2D eigenvalue weighted by Crippen LogP contribution is 2.26. The van der Waals surface area contributed by atoms with Crippen LogP contribution in [0.5, 0.6) is 0 Å². The Labute approximate surface area is 218 Å². The van der Waals surface area contributed by atoms with Crippen molar-refractivity contribution < 1.29 is 18.0 Å². The van der Waals surface area contributed by atoms with Crippen LogP contribution in [0.2, 0.25) is 0 Å². The fourth-order valence-electron chi connectivity index (χ4n) is 3.74. The SMILES string of the molecule is C/C=C(\N=C(C=N)NC(=O)C(CCC)n1cnc2c1c(=O)n(CC#N)c(=O)n2C)c1cnc(C(F)(F)F)nc1. The first-order chi connectivity index (χ1) is 18.5. The van der Waals surface area contributed by atoms with E-state index < -0.39 is 41.7 Å². The number of aromatic nitrogens is 6. The van der Waals surface area contributed by atoms with E-state index in [2.05, 4.69) is 25.3 Å². The van der Waals surface area contributed by atoms with E-state index in [0.29, 0.717) is 6.42 Å². The molecule has 0 aliphatic carbocycles. The molecule has 0 spiro atoms. The number of halogens is 3. The molecule has 204 valence electrons. The molecular formula is C23H23F3N10O3. The summed E-state index contributed by atoms with van der Waals surface area (Å²) in [5.74, 6) is -2.24. The number of nitrogens with one attached hydrogen (secondary N) is 2. The number of allylic oxidation sites excluding steroid dienone is 1. The molecule has 16 heteroatoms. The highest BCUT2D eigenvalue weighted by atomic mass is 19.4. The van der Waals surface area contributed by atoms with Gasteiger partial charge in [0.05, 0.1) is 24.3 Å². The number of hydrogen-bond donors (Lipinski definition) is 2. The van der Waals surface area contributed by atoms with Gasteiger partial charge in [0.1, 0.15) is 12.6 Å². The Hall–Kier alpha value is -4.94. The largest absolute Gasteiger partial charge is 0.451 e. The van der Waals surface area contributed by atoms with Crippen molar-refractivity contribution in [3.8, 4) is 6.07 Å². The Balaban J connectivity index is 2.00. The van der Waals surface area contributed by atoms with Crippen LogP contribution in [0.15, 0.2) is 39.4 Å². The number of hydrogen-bond acceptors (Lipinski definition) is 9. The number of amidine groups is 1. The smallest absolute Gasteiger partial charge is 0.312 e. The van der Waals surface area contributed by atoms with E-state index in [4.69, 9.17) is 10.7 Å². The number of fused-ring (bicyclic) bond motifs is 1. The summed E-state index contributed by atoms with van der Waals surface area (Å²) in [6, 6.07) is 0.739. The molecule has 39 heavy (non-hydrogen) atoms. The van der Waals surface area contributed by atoms with Crippen molar-refractivity contribution >= 4 is 34.8 Å². The van der Waals surface area contributed by atoms with Gasteiger partial charge in [0.2, 0.25) is 11.7 Å². The minimum atomic E-state index is -4.72. The first-order valence-electron chi connectivity index (χ1n) is 11.5. The molecule has 0 fully saturated rings. The molecule has 2 N–H and O–H groups in total. The summed E-state index contributed by atoms with van der Waals surface area (Å²) in [4.78, 5) is 53.7. The van der Waals surface area contributed by atoms with Gasteiger partial charge in [0, 0.05) is 25.0 Å². The number of amides is 1. The van der Waals surface area contributed by atoms with Gasteiger partial charge in [-0.05, 0) is 13.3 Å². The number of carbonyl (C=O) groups excluding carboxylic acids is 1. The summed E-state index contributed by atoms with van der Waals surface area (Å²) < 4.78 is 41.5. The number of imidazole rings is 1. The van der Waals surface area contributed by atoms with Crippen molar-refractivity contribution in [1.82, 2.24) is 34.0 Å². The minimum absolute atomic E-state index is 0.0209. The zero-order valence-electron chi connectivity index (χ0n) is 21.0. The average Bonchev–Trinajstić information content (AvgIpc) is 3.35. The van der Waals surface area contributed by atoms with Crippen LogP contribution in [-0.2, 0) is 24.6 Å². The Kier molecular flexibility index (Phi) is 8.54. The maximum atomic E-state index is 13.3. The topological polar surface area (TPSA) is 177 Å². The molecule has 0 radical (unpaired) electrons. The summed E-state index contributed by atoms with van der Waals surface area (Å²) in [6.07, 6.45) is 1.26. The lowest BCUT2D eigenvalue weighted by Gasteiger charge is -2.18. The molecule has 1 atom stereocenters. The zero-order valence-corrected chi connectivity index (χ0v) is 21.0. The quantitative estimate of drug-likeness (QED) is 0.321. The van der Waals surface area contributed by atoms with Crippen LogP contribution in [0.1, 0.15) is 44.1 Å². The van der Waals surface area contributed by atoms with Crippen LogP contribution in [-0.4, -0.2) is 46.6 Å². The molecule has 3 aromatic heterocycles. The second-order valence-electron chi connectivity index (χ2n) is 8.12. The van der Waals surface area contributed by atoms with E-state index >= 15 is 0 Å². The number of nitrogens with zero attached hydrogens (tertiary/aromatic N) is 8. The summed E-state index contributed by atoms with van der Waals surface area (Å²) >= 11 is 0. The van der Waals surface area contributed by atoms with Gasteiger partial charge < -0.3 is 15.3 Å². The van der Waals surface area contributed by atoms with Gasteiger partial charge in [-0.25, -0.2) is 29.3 Å². The van der Waals surface area contributed by atoms with Crippen LogP contribution in [0.25, 0.3) is 16.9 Å². The molecule has 1 amide bonds. The Morgan fingerprint density at radius 3 is 2.49 bits per heavy atom. The third-order valence-corrected chi connectivity index (χ3v) is 5.59. The summed E-state index contributed by atoms with van der Waals surface area (Å²) in [5.41, 5.74) is -1.36. The first kappa shape index (κ1) is 28.6. The molecule has 1 unspecified atom stereocenters. The normalized spacial score (nSPS) is 13.3. The van der Waals surface area contributed by atoms with Gasteiger partial charge in [0.25, 0.3) is 5.56 Å². The van der Waals surface area contributed by atoms with E-state index in [-0.39, 0.29) is 34.7 Å². The first-order valence-corrected chi connectivity index (χ1v) is 11.5. The number of aliphatic imine (C=N–C) groups is 1. The number of carbonyl (C=O) groups is 1. The molecule has 0 aliphatic rings. The number of rotatable bonds is 8. The monoisotopic (exact) mass is 544 g/mol. The van der Waals surface area contributed by atoms with Gasteiger partial charge in [-0.2, -0.15) is 18.4 Å². The second-order valence-corrected chi connectivity index (χ2v) is 8.12.